The SMILES string of the molecule is O=C(O)Cn1ccnc1CCN1CCOCC1. The zero-order valence-electron chi connectivity index (χ0n) is 9.71. The van der Waals surface area contributed by atoms with E-state index in [4.69, 9.17) is 9.84 Å². The van der Waals surface area contributed by atoms with Crippen molar-refractivity contribution < 1.29 is 14.6 Å². The Labute approximate surface area is 99.8 Å². The lowest BCUT2D eigenvalue weighted by molar-refractivity contribution is -0.137. The van der Waals surface area contributed by atoms with Crippen molar-refractivity contribution in [3.63, 3.8) is 0 Å². The summed E-state index contributed by atoms with van der Waals surface area (Å²) >= 11 is 0. The van der Waals surface area contributed by atoms with Crippen LogP contribution >= 0.6 is 0 Å². The van der Waals surface area contributed by atoms with Crippen LogP contribution in [0.3, 0.4) is 0 Å². The molecule has 94 valence electrons. The molecule has 17 heavy (non-hydrogen) atoms. The van der Waals surface area contributed by atoms with Gasteiger partial charge in [-0.05, 0) is 0 Å². The topological polar surface area (TPSA) is 67.6 Å². The van der Waals surface area contributed by atoms with Crippen molar-refractivity contribution in [1.82, 2.24) is 14.5 Å². The van der Waals surface area contributed by atoms with Crippen LogP contribution in [0.2, 0.25) is 0 Å². The second-order valence-electron chi connectivity index (χ2n) is 4.07. The van der Waals surface area contributed by atoms with Gasteiger partial charge in [-0.25, -0.2) is 4.98 Å². The van der Waals surface area contributed by atoms with E-state index >= 15 is 0 Å². The molecule has 2 heterocycles. The van der Waals surface area contributed by atoms with Gasteiger partial charge in [0.15, 0.2) is 0 Å². The van der Waals surface area contributed by atoms with Gasteiger partial charge < -0.3 is 14.4 Å². The summed E-state index contributed by atoms with van der Waals surface area (Å²) in [6.07, 6.45) is 4.14. The van der Waals surface area contributed by atoms with Gasteiger partial charge in [0.05, 0.1) is 13.2 Å². The Kier molecular flexibility index (Phi) is 4.11. The highest BCUT2D eigenvalue weighted by molar-refractivity contribution is 5.66. The largest absolute Gasteiger partial charge is 0.480 e. The van der Waals surface area contributed by atoms with Crippen molar-refractivity contribution in [2.75, 3.05) is 32.8 Å². The van der Waals surface area contributed by atoms with Crippen LogP contribution in [0, 0.1) is 0 Å². The highest BCUT2D eigenvalue weighted by Gasteiger charge is 2.12. The van der Waals surface area contributed by atoms with Crippen LogP contribution in [0.1, 0.15) is 5.82 Å². The summed E-state index contributed by atoms with van der Waals surface area (Å²) < 4.78 is 6.96. The molecule has 1 N–H and O–H groups in total. The number of carbonyl (C=O) groups is 1. The molecule has 0 amide bonds. The molecule has 6 nitrogen and oxygen atoms in total. The smallest absolute Gasteiger partial charge is 0.323 e. The van der Waals surface area contributed by atoms with E-state index in [0.717, 1.165) is 45.1 Å². The Bertz CT molecular complexity index is 372. The predicted octanol–water partition coefficient (Wildman–Crippen LogP) is -0.158. The molecule has 1 fully saturated rings. The van der Waals surface area contributed by atoms with Gasteiger partial charge in [-0.2, -0.15) is 0 Å². The molecule has 1 aromatic heterocycles. The molecule has 1 aromatic rings. The van der Waals surface area contributed by atoms with Gasteiger partial charge in [0.25, 0.3) is 0 Å². The third kappa shape index (κ3) is 3.54. The fraction of sp³-hybridized carbons (Fsp3) is 0.636. The van der Waals surface area contributed by atoms with Gasteiger partial charge >= 0.3 is 5.97 Å². The second kappa shape index (κ2) is 5.79. The normalized spacial score (nSPS) is 17.2. The van der Waals surface area contributed by atoms with Crippen molar-refractivity contribution in [3.8, 4) is 0 Å². The van der Waals surface area contributed by atoms with Crippen LogP contribution < -0.4 is 0 Å². The monoisotopic (exact) mass is 239 g/mol. The summed E-state index contributed by atoms with van der Waals surface area (Å²) in [6.45, 7) is 4.34. The first-order chi connectivity index (χ1) is 8.25. The standard InChI is InChI=1S/C11H17N3O3/c15-11(16)9-14-4-2-12-10(14)1-3-13-5-7-17-8-6-13/h2,4H,1,3,5-9H2,(H,15,16). The van der Waals surface area contributed by atoms with Crippen LogP contribution in [0.5, 0.6) is 0 Å². The van der Waals surface area contributed by atoms with Gasteiger partial charge in [-0.1, -0.05) is 0 Å². The average Bonchev–Trinajstić information content (AvgIpc) is 2.74. The summed E-state index contributed by atoms with van der Waals surface area (Å²) in [4.78, 5) is 17.2. The summed E-state index contributed by atoms with van der Waals surface area (Å²) in [5.74, 6) is -0.00508. The van der Waals surface area contributed by atoms with Crippen molar-refractivity contribution >= 4 is 5.97 Å². The number of hydrogen-bond donors (Lipinski definition) is 1. The molecular formula is C11H17N3O3. The molecule has 1 saturated heterocycles. The molecule has 0 saturated carbocycles. The molecule has 0 aliphatic carbocycles. The van der Waals surface area contributed by atoms with Crippen LogP contribution in [0.25, 0.3) is 0 Å². The van der Waals surface area contributed by atoms with E-state index in [-0.39, 0.29) is 6.54 Å². The lowest BCUT2D eigenvalue weighted by atomic mass is 10.3. The molecule has 1 aliphatic rings. The van der Waals surface area contributed by atoms with E-state index in [1.807, 2.05) is 0 Å². The zero-order valence-corrected chi connectivity index (χ0v) is 9.71. The highest BCUT2D eigenvalue weighted by Crippen LogP contribution is 2.03. The molecule has 6 heteroatoms. The quantitative estimate of drug-likeness (QED) is 0.773. The highest BCUT2D eigenvalue weighted by atomic mass is 16.5. The summed E-state index contributed by atoms with van der Waals surface area (Å²) in [6, 6.07) is 0. The Morgan fingerprint density at radius 1 is 1.47 bits per heavy atom. The first-order valence-corrected chi connectivity index (χ1v) is 5.77. The first-order valence-electron chi connectivity index (χ1n) is 5.77. The average molecular weight is 239 g/mol. The molecule has 1 aliphatic heterocycles. The Hall–Kier alpha value is -1.40. The van der Waals surface area contributed by atoms with Crippen LogP contribution in [-0.2, 0) is 22.5 Å². The summed E-state index contributed by atoms with van der Waals surface area (Å²) in [5.41, 5.74) is 0. The summed E-state index contributed by atoms with van der Waals surface area (Å²) in [5, 5.41) is 8.75. The maximum atomic E-state index is 10.6. The second-order valence-corrected chi connectivity index (χ2v) is 4.07. The van der Waals surface area contributed by atoms with Gasteiger partial charge in [-0.15, -0.1) is 0 Å². The minimum absolute atomic E-state index is 0.0154. The van der Waals surface area contributed by atoms with Crippen LogP contribution in [0.4, 0.5) is 0 Å². The lowest BCUT2D eigenvalue weighted by Gasteiger charge is -2.26. The van der Waals surface area contributed by atoms with E-state index in [0.29, 0.717) is 0 Å². The van der Waals surface area contributed by atoms with Gasteiger partial charge in [0.2, 0.25) is 0 Å². The number of ether oxygens (including phenoxy) is 1. The maximum Gasteiger partial charge on any atom is 0.323 e. The number of carboxylic acids is 1. The Morgan fingerprint density at radius 2 is 2.24 bits per heavy atom. The van der Waals surface area contributed by atoms with Gasteiger partial charge in [-0.3, -0.25) is 9.69 Å². The van der Waals surface area contributed by atoms with E-state index < -0.39 is 5.97 Å². The zero-order chi connectivity index (χ0) is 12.1. The third-order valence-corrected chi connectivity index (χ3v) is 2.86. The van der Waals surface area contributed by atoms with E-state index in [9.17, 15) is 4.79 Å². The van der Waals surface area contributed by atoms with Crippen LogP contribution in [-0.4, -0.2) is 58.4 Å². The predicted molar refractivity (Wildman–Crippen MR) is 60.8 cm³/mol. The molecule has 0 radical (unpaired) electrons. The maximum absolute atomic E-state index is 10.6. The van der Waals surface area contributed by atoms with Crippen molar-refractivity contribution in [2.45, 2.75) is 13.0 Å². The number of morpholine rings is 1. The van der Waals surface area contributed by atoms with Gasteiger partial charge in [0.1, 0.15) is 12.4 Å². The number of nitrogens with zero attached hydrogens (tertiary/aromatic N) is 3. The van der Waals surface area contributed by atoms with E-state index in [1.165, 1.54) is 0 Å². The van der Waals surface area contributed by atoms with Crippen molar-refractivity contribution in [1.29, 1.82) is 0 Å². The number of carboxylic acid groups (broad SMARTS) is 1. The molecule has 0 aromatic carbocycles. The number of aliphatic carboxylic acids is 1. The summed E-state index contributed by atoms with van der Waals surface area (Å²) in [7, 11) is 0. The third-order valence-electron chi connectivity index (χ3n) is 2.86. The minimum Gasteiger partial charge on any atom is -0.480 e. The fourth-order valence-corrected chi connectivity index (χ4v) is 1.94. The minimum atomic E-state index is -0.837. The van der Waals surface area contributed by atoms with Gasteiger partial charge in [0, 0.05) is 38.4 Å². The van der Waals surface area contributed by atoms with E-state index in [1.54, 1.807) is 17.0 Å². The number of imidazole rings is 1. The number of rotatable bonds is 5. The van der Waals surface area contributed by atoms with Crippen LogP contribution in [0.15, 0.2) is 12.4 Å². The lowest BCUT2D eigenvalue weighted by Crippen LogP contribution is -2.37. The molecule has 2 rings (SSSR count). The number of hydrogen-bond acceptors (Lipinski definition) is 4. The number of aromatic nitrogens is 2. The van der Waals surface area contributed by atoms with Crippen molar-refractivity contribution in [3.05, 3.63) is 18.2 Å². The molecule has 0 bridgehead atoms. The molecular weight excluding hydrogens is 222 g/mol. The Balaban J connectivity index is 1.85. The molecule has 0 spiro atoms. The molecule has 0 unspecified atom stereocenters. The fourth-order valence-electron chi connectivity index (χ4n) is 1.94. The van der Waals surface area contributed by atoms with E-state index in [2.05, 4.69) is 9.88 Å². The first kappa shape index (κ1) is 12.1. The molecule has 0 atom stereocenters. The Morgan fingerprint density at radius 3 is 2.94 bits per heavy atom. The van der Waals surface area contributed by atoms with Crippen molar-refractivity contribution in [2.24, 2.45) is 0 Å².